The molecule has 1 aromatic rings. The first-order valence-electron chi connectivity index (χ1n) is 7.43. The quantitative estimate of drug-likeness (QED) is 0.898. The molecule has 20 heavy (non-hydrogen) atoms. The Morgan fingerprint density at radius 1 is 1.35 bits per heavy atom. The van der Waals surface area contributed by atoms with Crippen molar-refractivity contribution >= 4 is 11.6 Å². The van der Waals surface area contributed by atoms with Gasteiger partial charge in [0.05, 0.1) is 6.54 Å². The Bertz CT molecular complexity index is 476. The third-order valence-electron chi connectivity index (χ3n) is 4.91. The summed E-state index contributed by atoms with van der Waals surface area (Å²) in [6.45, 7) is 6.04. The van der Waals surface area contributed by atoms with Crippen molar-refractivity contribution in [1.82, 2.24) is 10.2 Å². The van der Waals surface area contributed by atoms with E-state index in [1.54, 1.807) is 4.90 Å². The summed E-state index contributed by atoms with van der Waals surface area (Å²) >= 11 is 0. The topological polar surface area (TPSA) is 35.6 Å². The van der Waals surface area contributed by atoms with Crippen molar-refractivity contribution in [3.05, 3.63) is 30.3 Å². The number of fused-ring (bicyclic) bond motifs is 1. The molecule has 0 aromatic heterocycles. The molecule has 0 aliphatic carbocycles. The summed E-state index contributed by atoms with van der Waals surface area (Å²) in [7, 11) is 1.86. The third-order valence-corrected chi connectivity index (χ3v) is 4.91. The molecule has 3 atom stereocenters. The first-order chi connectivity index (χ1) is 9.66. The zero-order valence-electron chi connectivity index (χ0n) is 12.2. The van der Waals surface area contributed by atoms with Gasteiger partial charge in [0.1, 0.15) is 0 Å². The highest BCUT2D eigenvalue weighted by molar-refractivity contribution is 5.94. The number of nitrogens with one attached hydrogen (secondary N) is 1. The molecule has 1 aromatic carbocycles. The number of likely N-dealkylation sites (tertiary alicyclic amines) is 1. The van der Waals surface area contributed by atoms with Gasteiger partial charge in [-0.2, -0.15) is 0 Å². The predicted octanol–water partition coefficient (Wildman–Crippen LogP) is 1.19. The van der Waals surface area contributed by atoms with E-state index in [0.29, 0.717) is 18.5 Å². The van der Waals surface area contributed by atoms with Crippen LogP contribution in [-0.2, 0) is 4.79 Å². The van der Waals surface area contributed by atoms with Gasteiger partial charge in [0.25, 0.3) is 0 Å². The molecule has 0 saturated carbocycles. The standard InChI is InChI=1S/C16H23N3O/c1-12-15-9-17-8-13(15)10-19(12)11-16(20)18(2)14-6-4-3-5-7-14/h3-7,12-13,15,17H,8-11H2,1-2H3. The highest BCUT2D eigenvalue weighted by atomic mass is 16.2. The number of carbonyl (C=O) groups is 1. The number of nitrogens with zero attached hydrogens (tertiary/aromatic N) is 2. The minimum absolute atomic E-state index is 0.177. The summed E-state index contributed by atoms with van der Waals surface area (Å²) in [5.41, 5.74) is 0.964. The summed E-state index contributed by atoms with van der Waals surface area (Å²) in [5.74, 6) is 1.61. The lowest BCUT2D eigenvalue weighted by molar-refractivity contribution is -0.119. The Balaban J connectivity index is 1.62. The molecule has 2 heterocycles. The number of amides is 1. The lowest BCUT2D eigenvalue weighted by Crippen LogP contribution is -2.42. The molecule has 4 nitrogen and oxygen atoms in total. The average molecular weight is 273 g/mol. The predicted molar refractivity (Wildman–Crippen MR) is 80.7 cm³/mol. The third kappa shape index (κ3) is 2.45. The van der Waals surface area contributed by atoms with Crippen molar-refractivity contribution in [2.24, 2.45) is 11.8 Å². The fourth-order valence-corrected chi connectivity index (χ4v) is 3.54. The second-order valence-electron chi connectivity index (χ2n) is 6.04. The first kappa shape index (κ1) is 13.6. The van der Waals surface area contributed by atoms with Crippen LogP contribution in [0, 0.1) is 11.8 Å². The maximum Gasteiger partial charge on any atom is 0.240 e. The molecule has 4 heteroatoms. The number of hydrogen-bond donors (Lipinski definition) is 1. The van der Waals surface area contributed by atoms with Gasteiger partial charge in [0, 0.05) is 25.3 Å². The van der Waals surface area contributed by atoms with Gasteiger partial charge < -0.3 is 10.2 Å². The number of para-hydroxylation sites is 1. The Morgan fingerprint density at radius 2 is 2.10 bits per heavy atom. The van der Waals surface area contributed by atoms with Gasteiger partial charge in [-0.3, -0.25) is 9.69 Å². The highest BCUT2D eigenvalue weighted by Gasteiger charge is 2.42. The minimum atomic E-state index is 0.177. The second kappa shape index (κ2) is 5.54. The van der Waals surface area contributed by atoms with Gasteiger partial charge in [-0.15, -0.1) is 0 Å². The minimum Gasteiger partial charge on any atom is -0.316 e. The van der Waals surface area contributed by atoms with Gasteiger partial charge >= 0.3 is 0 Å². The van der Waals surface area contributed by atoms with Gasteiger partial charge in [-0.1, -0.05) is 18.2 Å². The Morgan fingerprint density at radius 3 is 2.80 bits per heavy atom. The number of carbonyl (C=O) groups excluding carboxylic acids is 1. The first-order valence-corrected chi connectivity index (χ1v) is 7.43. The number of rotatable bonds is 3. The fraction of sp³-hybridized carbons (Fsp3) is 0.562. The highest BCUT2D eigenvalue weighted by Crippen LogP contribution is 2.32. The molecular weight excluding hydrogens is 250 g/mol. The summed E-state index contributed by atoms with van der Waals surface area (Å²) in [5, 5.41) is 3.46. The van der Waals surface area contributed by atoms with E-state index in [9.17, 15) is 4.79 Å². The molecule has 108 valence electrons. The maximum absolute atomic E-state index is 12.4. The summed E-state index contributed by atoms with van der Waals surface area (Å²) in [6.07, 6.45) is 0. The number of likely N-dealkylation sites (N-methyl/N-ethyl adjacent to an activating group) is 1. The molecule has 1 N–H and O–H groups in total. The van der Waals surface area contributed by atoms with Crippen molar-refractivity contribution in [3.63, 3.8) is 0 Å². The van der Waals surface area contributed by atoms with Crippen molar-refractivity contribution in [1.29, 1.82) is 0 Å². The Hall–Kier alpha value is -1.39. The largest absolute Gasteiger partial charge is 0.316 e. The van der Waals surface area contributed by atoms with Crippen molar-refractivity contribution in [2.75, 3.05) is 38.1 Å². The van der Waals surface area contributed by atoms with Crippen LogP contribution < -0.4 is 10.2 Å². The maximum atomic E-state index is 12.4. The van der Waals surface area contributed by atoms with E-state index in [2.05, 4.69) is 17.1 Å². The van der Waals surface area contributed by atoms with Crippen LogP contribution in [0.2, 0.25) is 0 Å². The zero-order chi connectivity index (χ0) is 14.1. The van der Waals surface area contributed by atoms with E-state index >= 15 is 0 Å². The molecule has 0 bridgehead atoms. The van der Waals surface area contributed by atoms with Gasteiger partial charge in [0.15, 0.2) is 0 Å². The zero-order valence-corrected chi connectivity index (χ0v) is 12.2. The molecule has 0 spiro atoms. The summed E-state index contributed by atoms with van der Waals surface area (Å²) in [4.78, 5) is 16.5. The summed E-state index contributed by atoms with van der Waals surface area (Å²) < 4.78 is 0. The van der Waals surface area contributed by atoms with Crippen LogP contribution in [0.15, 0.2) is 30.3 Å². The van der Waals surface area contributed by atoms with Crippen molar-refractivity contribution < 1.29 is 4.79 Å². The molecule has 0 radical (unpaired) electrons. The molecular formula is C16H23N3O. The fourth-order valence-electron chi connectivity index (χ4n) is 3.54. The number of anilines is 1. The van der Waals surface area contributed by atoms with E-state index in [1.165, 1.54) is 0 Å². The number of benzene rings is 1. The molecule has 2 aliphatic rings. The molecule has 2 aliphatic heterocycles. The van der Waals surface area contributed by atoms with E-state index in [1.807, 2.05) is 37.4 Å². The van der Waals surface area contributed by atoms with Crippen LogP contribution in [0.25, 0.3) is 0 Å². The molecule has 2 saturated heterocycles. The van der Waals surface area contributed by atoms with Crippen LogP contribution in [0.3, 0.4) is 0 Å². The van der Waals surface area contributed by atoms with Crippen molar-refractivity contribution in [2.45, 2.75) is 13.0 Å². The van der Waals surface area contributed by atoms with Gasteiger partial charge in [-0.05, 0) is 44.0 Å². The normalized spacial score (nSPS) is 29.4. The van der Waals surface area contributed by atoms with Gasteiger partial charge in [0.2, 0.25) is 5.91 Å². The van der Waals surface area contributed by atoms with Crippen LogP contribution in [0.1, 0.15) is 6.92 Å². The van der Waals surface area contributed by atoms with E-state index in [0.717, 1.165) is 31.2 Å². The van der Waals surface area contributed by atoms with E-state index in [-0.39, 0.29) is 5.91 Å². The van der Waals surface area contributed by atoms with Crippen LogP contribution in [0.4, 0.5) is 5.69 Å². The second-order valence-corrected chi connectivity index (χ2v) is 6.04. The molecule has 3 rings (SSSR count). The monoisotopic (exact) mass is 273 g/mol. The SMILES string of the molecule is CC1C2CNCC2CN1CC(=O)N(C)c1ccccc1. The lowest BCUT2D eigenvalue weighted by atomic mass is 9.95. The van der Waals surface area contributed by atoms with Crippen molar-refractivity contribution in [3.8, 4) is 0 Å². The van der Waals surface area contributed by atoms with Crippen LogP contribution in [0.5, 0.6) is 0 Å². The smallest absolute Gasteiger partial charge is 0.240 e. The Labute approximate surface area is 120 Å². The molecule has 1 amide bonds. The van der Waals surface area contributed by atoms with Crippen LogP contribution >= 0.6 is 0 Å². The van der Waals surface area contributed by atoms with Crippen LogP contribution in [-0.4, -0.2) is 50.1 Å². The molecule has 3 unspecified atom stereocenters. The molecule has 2 fully saturated rings. The average Bonchev–Trinajstić information content (AvgIpc) is 3.03. The van der Waals surface area contributed by atoms with E-state index < -0.39 is 0 Å². The summed E-state index contributed by atoms with van der Waals surface area (Å²) in [6, 6.07) is 10.4. The number of hydrogen-bond acceptors (Lipinski definition) is 3. The Kier molecular flexibility index (Phi) is 3.76. The van der Waals surface area contributed by atoms with E-state index in [4.69, 9.17) is 0 Å². The van der Waals surface area contributed by atoms with Gasteiger partial charge in [-0.25, -0.2) is 0 Å². The lowest BCUT2D eigenvalue weighted by Gasteiger charge is -2.26.